The van der Waals surface area contributed by atoms with Crippen LogP contribution in [0.4, 0.5) is 22.7 Å². The first kappa shape index (κ1) is 60.2. The van der Waals surface area contributed by atoms with Crippen LogP contribution in [0.15, 0.2) is 145 Å². The van der Waals surface area contributed by atoms with E-state index in [1.807, 2.05) is 110 Å². The molecule has 6 heterocycles. The van der Waals surface area contributed by atoms with Gasteiger partial charge in [-0.25, -0.2) is 0 Å². The van der Waals surface area contributed by atoms with Crippen molar-refractivity contribution >= 4 is 66.4 Å². The third-order valence-corrected chi connectivity index (χ3v) is 16.2. The number of nitrogens with zero attached hydrogens (tertiary/aromatic N) is 5. The molecule has 1 aliphatic carbocycles. The van der Waals surface area contributed by atoms with Crippen LogP contribution in [0.5, 0.6) is 23.0 Å². The third-order valence-electron chi connectivity index (χ3n) is 16.2. The van der Waals surface area contributed by atoms with Crippen molar-refractivity contribution in [3.05, 3.63) is 146 Å². The zero-order chi connectivity index (χ0) is 57.8. The molecule has 15 heteroatoms. The maximum Gasteiger partial charge on any atom is 0.125 e. The number of aromatic nitrogens is 4. The Labute approximate surface area is 485 Å². The average Bonchev–Trinajstić information content (AvgIpc) is 4.37. The Morgan fingerprint density at radius 2 is 1.04 bits per heavy atom. The fraction of sp³-hybridized carbons (Fsp3) is 0.403. The zero-order valence-electron chi connectivity index (χ0n) is 49.6. The standard InChI is InChI=1S/C19H29N3O.C17H23N3O.C16H16N2O2.C15H18N2O/c1-4-19(5-2,9-7-10-20)14-22-17-13-16(23-3)12-15-8-6-11-21-18(15)17;1-3-20-9-6-14(7-10-20)19-16-12-15(21-2)11-13-5-4-8-18-17(13)16;1-11(15-6-4-8-20-15)18-14-10-13(19-2)9-12-5-3-7-17-16(12)14;1-10(11-5-6-11)17-14-9-13(18-2)8-12-4-3-7-16-15(12)14/h6,8,11-13,22H,4-5,7,9-10,14,20H2,1-3H3;4-5,8,11-12,14,19H,3,6-7,9-10H2,1-2H3;3-11,18H,1-2H3;3-4,7-11,17H,5-6H2,1-2H3. The number of nitrogens with two attached hydrogens (primary N) is 1. The highest BCUT2D eigenvalue weighted by atomic mass is 16.5. The van der Waals surface area contributed by atoms with E-state index >= 15 is 0 Å². The van der Waals surface area contributed by atoms with E-state index < -0.39 is 0 Å². The molecule has 1 saturated carbocycles. The smallest absolute Gasteiger partial charge is 0.125 e. The summed E-state index contributed by atoms with van der Waals surface area (Å²) in [5.41, 5.74) is 14.1. The van der Waals surface area contributed by atoms with Gasteiger partial charge in [0, 0.05) is 102 Å². The highest BCUT2D eigenvalue weighted by Gasteiger charge is 2.29. The first-order chi connectivity index (χ1) is 40.0. The average molecular weight is 1110 g/mol. The fourth-order valence-electron chi connectivity index (χ4n) is 10.7. The zero-order valence-corrected chi connectivity index (χ0v) is 49.6. The van der Waals surface area contributed by atoms with E-state index in [2.05, 4.69) is 98.1 Å². The summed E-state index contributed by atoms with van der Waals surface area (Å²) < 4.78 is 27.0. The van der Waals surface area contributed by atoms with Crippen LogP contribution >= 0.6 is 0 Å². The molecule has 1 saturated heterocycles. The van der Waals surface area contributed by atoms with E-state index in [0.717, 1.165) is 146 Å². The lowest BCUT2D eigenvalue weighted by atomic mass is 9.78. The highest BCUT2D eigenvalue weighted by molar-refractivity contribution is 5.94. The van der Waals surface area contributed by atoms with Gasteiger partial charge >= 0.3 is 0 Å². The van der Waals surface area contributed by atoms with Crippen molar-refractivity contribution in [1.82, 2.24) is 24.8 Å². The molecule has 6 N–H and O–H groups in total. The van der Waals surface area contributed by atoms with Crippen molar-refractivity contribution in [2.75, 3.05) is 82.4 Å². The van der Waals surface area contributed by atoms with Gasteiger partial charge in [-0.15, -0.1) is 0 Å². The van der Waals surface area contributed by atoms with E-state index in [1.165, 1.54) is 38.8 Å². The van der Waals surface area contributed by atoms with Crippen molar-refractivity contribution in [3.63, 3.8) is 0 Å². The summed E-state index contributed by atoms with van der Waals surface area (Å²) in [6.07, 6.45) is 18.5. The van der Waals surface area contributed by atoms with Crippen LogP contribution in [-0.2, 0) is 0 Å². The lowest BCUT2D eigenvalue weighted by Gasteiger charge is -2.32. The Balaban J connectivity index is 0.000000144. The lowest BCUT2D eigenvalue weighted by Crippen LogP contribution is -2.38. The van der Waals surface area contributed by atoms with Crippen molar-refractivity contribution in [3.8, 4) is 23.0 Å². The van der Waals surface area contributed by atoms with Gasteiger partial charge in [0.05, 0.1) is 85.6 Å². The fourth-order valence-corrected chi connectivity index (χ4v) is 10.7. The van der Waals surface area contributed by atoms with Gasteiger partial charge in [-0.3, -0.25) is 19.9 Å². The van der Waals surface area contributed by atoms with Crippen molar-refractivity contribution in [2.24, 2.45) is 17.1 Å². The largest absolute Gasteiger partial charge is 0.497 e. The number of hydrogen-bond donors (Lipinski definition) is 5. The van der Waals surface area contributed by atoms with Gasteiger partial charge < -0.3 is 55.3 Å². The summed E-state index contributed by atoms with van der Waals surface area (Å²) in [5, 5.41) is 18.7. The Hall–Kier alpha value is -7.88. The number of furan rings is 1. The van der Waals surface area contributed by atoms with Gasteiger partial charge in [0.25, 0.3) is 0 Å². The summed E-state index contributed by atoms with van der Waals surface area (Å²) in [7, 11) is 6.77. The second-order valence-electron chi connectivity index (χ2n) is 21.5. The molecule has 434 valence electrons. The number of ether oxygens (including phenoxy) is 4. The van der Waals surface area contributed by atoms with Crippen LogP contribution in [-0.4, -0.2) is 98.1 Å². The van der Waals surface area contributed by atoms with Gasteiger partial charge in [0.15, 0.2) is 0 Å². The number of anilines is 4. The summed E-state index contributed by atoms with van der Waals surface area (Å²) >= 11 is 0. The number of fused-ring (bicyclic) bond motifs is 4. The maximum absolute atomic E-state index is 5.72. The number of piperidine rings is 1. The molecule has 0 radical (unpaired) electrons. The monoisotopic (exact) mass is 1110 g/mol. The van der Waals surface area contributed by atoms with Gasteiger partial charge in [-0.2, -0.15) is 0 Å². The number of benzene rings is 4. The van der Waals surface area contributed by atoms with Gasteiger partial charge in [-0.05, 0) is 150 Å². The molecule has 82 heavy (non-hydrogen) atoms. The molecule has 2 atom stereocenters. The molecule has 1 aliphatic heterocycles. The van der Waals surface area contributed by atoms with E-state index in [9.17, 15) is 0 Å². The second kappa shape index (κ2) is 29.7. The Kier molecular flexibility index (Phi) is 21.8. The van der Waals surface area contributed by atoms with Gasteiger partial charge in [0.1, 0.15) is 28.8 Å². The normalized spacial score (nSPS) is 14.3. The molecule has 2 unspecified atom stereocenters. The van der Waals surface area contributed by atoms with E-state index in [-0.39, 0.29) is 11.5 Å². The highest BCUT2D eigenvalue weighted by Crippen LogP contribution is 2.38. The molecule has 11 rings (SSSR count). The second-order valence-corrected chi connectivity index (χ2v) is 21.5. The Morgan fingerprint density at radius 1 is 0.585 bits per heavy atom. The molecule has 4 aromatic carbocycles. The molecule has 15 nitrogen and oxygen atoms in total. The van der Waals surface area contributed by atoms with Crippen LogP contribution in [0, 0.1) is 11.3 Å². The van der Waals surface area contributed by atoms with E-state index in [4.69, 9.17) is 29.1 Å². The minimum atomic E-state index is 0.0577. The quantitative estimate of drug-likeness (QED) is 0.0458. The van der Waals surface area contributed by atoms with Crippen molar-refractivity contribution < 1.29 is 23.4 Å². The summed E-state index contributed by atoms with van der Waals surface area (Å²) in [6.45, 7) is 16.2. The predicted molar refractivity (Wildman–Crippen MR) is 338 cm³/mol. The Bertz CT molecular complexity index is 3400. The number of methoxy groups -OCH3 is 4. The molecule has 9 aromatic rings. The molecule has 0 amide bonds. The molecule has 5 aromatic heterocycles. The van der Waals surface area contributed by atoms with Gasteiger partial charge in [0.2, 0.25) is 0 Å². The number of rotatable bonds is 21. The molecule has 2 aliphatic rings. The van der Waals surface area contributed by atoms with Crippen LogP contribution in [0.1, 0.15) is 97.8 Å². The van der Waals surface area contributed by atoms with Gasteiger partial charge in [-0.1, -0.05) is 45.0 Å². The predicted octanol–water partition coefficient (Wildman–Crippen LogP) is 14.8. The lowest BCUT2D eigenvalue weighted by molar-refractivity contribution is 0.229. The van der Waals surface area contributed by atoms with E-state index in [0.29, 0.717) is 12.1 Å². The van der Waals surface area contributed by atoms with Crippen molar-refractivity contribution in [2.45, 2.75) is 104 Å². The third kappa shape index (κ3) is 16.0. The SMILES string of the molecule is CCC(CC)(CCCN)CNc1cc(OC)cc2cccnc12.CCN1CCC(Nc2cc(OC)cc3cccnc23)CC1.COc1cc(NC(C)C2CC2)c2ncccc2c1.COc1cc(NC(C)c2ccco2)c2ncccc2c1. The van der Waals surface area contributed by atoms with Crippen LogP contribution in [0.2, 0.25) is 0 Å². The molecular formula is C67H86N10O5. The summed E-state index contributed by atoms with van der Waals surface area (Å²) in [5.74, 6) is 5.12. The number of hydrogen-bond acceptors (Lipinski definition) is 15. The first-order valence-corrected chi connectivity index (χ1v) is 29.2. The summed E-state index contributed by atoms with van der Waals surface area (Å²) in [6, 6.07) is 37.1. The van der Waals surface area contributed by atoms with Crippen molar-refractivity contribution in [1.29, 1.82) is 0 Å². The topological polar surface area (TPSA) is 179 Å². The minimum absolute atomic E-state index is 0.0577. The molecule has 0 spiro atoms. The van der Waals surface area contributed by atoms with E-state index in [1.54, 1.807) is 40.9 Å². The summed E-state index contributed by atoms with van der Waals surface area (Å²) in [4.78, 5) is 20.5. The number of pyridine rings is 4. The number of nitrogens with one attached hydrogen (secondary N) is 4. The maximum atomic E-state index is 5.72. The van der Waals surface area contributed by atoms with Crippen LogP contribution in [0.3, 0.4) is 0 Å². The molecular weight excluding hydrogens is 1020 g/mol. The number of likely N-dealkylation sites (tertiary alicyclic amines) is 1. The molecule has 0 bridgehead atoms. The first-order valence-electron chi connectivity index (χ1n) is 29.2. The van der Waals surface area contributed by atoms with Crippen LogP contribution < -0.4 is 45.9 Å². The van der Waals surface area contributed by atoms with Crippen LogP contribution in [0.25, 0.3) is 43.6 Å². The molecule has 2 fully saturated rings. The minimum Gasteiger partial charge on any atom is -0.497 e. The Morgan fingerprint density at radius 3 is 1.46 bits per heavy atom.